The predicted octanol–water partition coefficient (Wildman–Crippen LogP) is 14.0. The van der Waals surface area contributed by atoms with Crippen LogP contribution in [0, 0.1) is 0 Å². The second kappa shape index (κ2) is 11.8. The molecule has 0 saturated carbocycles. The number of ether oxygens (including phenoxy) is 2. The van der Waals surface area contributed by atoms with E-state index in [0.717, 1.165) is 55.4 Å². The number of fused-ring (bicyclic) bond motifs is 12. The van der Waals surface area contributed by atoms with Crippen LogP contribution in [-0.4, -0.2) is 35.0 Å². The molecule has 0 bridgehead atoms. The summed E-state index contributed by atoms with van der Waals surface area (Å²) in [6, 6.07) is 39.1. The Kier molecular flexibility index (Phi) is 7.47. The lowest BCUT2D eigenvalue weighted by atomic mass is 9.82. The monoisotopic (exact) mass is 779 g/mol. The van der Waals surface area contributed by atoms with Gasteiger partial charge in [0.2, 0.25) is 0 Å². The molecule has 6 aromatic carbocycles. The molecule has 0 radical (unpaired) electrons. The molecule has 7 aromatic rings. The van der Waals surface area contributed by atoms with Crippen molar-refractivity contribution in [2.75, 3.05) is 7.05 Å². The van der Waals surface area contributed by atoms with Crippen molar-refractivity contribution in [3.8, 4) is 44.5 Å². The molecule has 10 rings (SSSR count). The summed E-state index contributed by atoms with van der Waals surface area (Å²) in [6.45, 7) is 20.5. The van der Waals surface area contributed by atoms with Crippen molar-refractivity contribution >= 4 is 45.4 Å². The molecule has 0 N–H and O–H groups in total. The van der Waals surface area contributed by atoms with Crippen molar-refractivity contribution in [1.29, 1.82) is 0 Å². The highest BCUT2D eigenvalue weighted by Gasteiger charge is 2.51. The van der Waals surface area contributed by atoms with E-state index in [1.165, 1.54) is 44.5 Å². The van der Waals surface area contributed by atoms with Crippen LogP contribution in [0.3, 0.4) is 0 Å². The standard InChI is InChI=1S/C53H51N2O4/c1-50(2,3)58-48(56)54-44-22-20-30(24-36(44)37-26-34-32-16-12-14-18-40(32)52(7,8)42(34)28-45(37)54)31-21-23-46-38(25-31)39-27-35-33-17-13-15-19-41(33)53(9,10)43(35)29-47(39)55(46,11)49(57)59-51(4,5)6/h12-29H,1-11H3/q+1. The Balaban J connectivity index is 1.19. The maximum absolute atomic E-state index is 14.5. The summed E-state index contributed by atoms with van der Waals surface area (Å²) >= 11 is 0. The summed E-state index contributed by atoms with van der Waals surface area (Å²) in [7, 11) is 1.97. The molecule has 0 fully saturated rings. The number of hydrogen-bond donors (Lipinski definition) is 0. The van der Waals surface area contributed by atoms with Gasteiger partial charge in [0.15, 0.2) is 11.4 Å². The molecular formula is C53H51N2O4+. The van der Waals surface area contributed by atoms with Gasteiger partial charge in [0.05, 0.1) is 29.2 Å². The van der Waals surface area contributed by atoms with Gasteiger partial charge in [0.1, 0.15) is 11.2 Å². The number of carbonyl (C=O) groups excluding carboxylic acids is 2. The molecule has 1 unspecified atom stereocenters. The first-order valence-electron chi connectivity index (χ1n) is 20.7. The Bertz CT molecular complexity index is 3020. The summed E-state index contributed by atoms with van der Waals surface area (Å²) in [5.41, 5.74) is 15.5. The highest BCUT2D eigenvalue weighted by Crippen LogP contribution is 2.59. The summed E-state index contributed by atoms with van der Waals surface area (Å²) in [5, 5.41) is 1.97. The Morgan fingerprint density at radius 3 is 1.66 bits per heavy atom. The van der Waals surface area contributed by atoms with Crippen molar-refractivity contribution in [2.24, 2.45) is 0 Å². The van der Waals surface area contributed by atoms with Crippen LogP contribution >= 0.6 is 0 Å². The number of quaternary nitrogens is 1. The molecule has 0 spiro atoms. The minimum atomic E-state index is -0.669. The second-order valence-electron chi connectivity index (χ2n) is 19.9. The summed E-state index contributed by atoms with van der Waals surface area (Å²) in [4.78, 5) is 28.6. The lowest BCUT2D eigenvalue weighted by molar-refractivity contribution is 0.0392. The molecule has 59 heavy (non-hydrogen) atoms. The van der Waals surface area contributed by atoms with Crippen molar-refractivity contribution < 1.29 is 19.1 Å². The molecule has 2 heterocycles. The van der Waals surface area contributed by atoms with Gasteiger partial charge < -0.3 is 9.47 Å². The first-order valence-corrected chi connectivity index (χ1v) is 20.7. The van der Waals surface area contributed by atoms with Crippen LogP contribution in [0.5, 0.6) is 0 Å². The van der Waals surface area contributed by atoms with E-state index in [2.05, 4.69) is 131 Å². The van der Waals surface area contributed by atoms with Crippen LogP contribution in [0.4, 0.5) is 21.0 Å². The van der Waals surface area contributed by atoms with E-state index in [9.17, 15) is 9.59 Å². The lowest BCUT2D eigenvalue weighted by Gasteiger charge is -2.31. The molecule has 296 valence electrons. The number of nitrogens with zero attached hydrogens (tertiary/aromatic N) is 2. The van der Waals surface area contributed by atoms with Gasteiger partial charge in [-0.2, -0.15) is 9.28 Å². The average Bonchev–Trinajstić information content (AvgIpc) is 3.79. The van der Waals surface area contributed by atoms with Gasteiger partial charge in [0.25, 0.3) is 0 Å². The van der Waals surface area contributed by atoms with Crippen LogP contribution in [0.2, 0.25) is 0 Å². The van der Waals surface area contributed by atoms with E-state index in [0.29, 0.717) is 0 Å². The fraction of sp³-hybridized carbons (Fsp3) is 0.283. The van der Waals surface area contributed by atoms with Crippen LogP contribution in [0.25, 0.3) is 66.3 Å². The molecule has 1 aliphatic heterocycles. The third-order valence-corrected chi connectivity index (χ3v) is 13.1. The van der Waals surface area contributed by atoms with Crippen LogP contribution < -0.4 is 4.48 Å². The molecule has 1 aromatic heterocycles. The molecule has 6 nitrogen and oxygen atoms in total. The summed E-state index contributed by atoms with van der Waals surface area (Å²) < 4.78 is 13.9. The SMILES string of the molecule is CC(C)(C)OC(=O)n1c2ccc(-c3ccc4c(c3)-c3cc5c(cc3[N+]4(C)C(=O)OC(C)(C)C)C(C)(C)c3ccccc3-5)cc2c2cc3c(cc21)C(C)(C)c1ccccc1-3. The number of rotatable bonds is 1. The maximum Gasteiger partial charge on any atom is 0.526 e. The molecule has 6 heteroatoms. The van der Waals surface area contributed by atoms with Crippen molar-refractivity contribution in [2.45, 2.75) is 91.3 Å². The zero-order valence-electron chi connectivity index (χ0n) is 35.9. The molecule has 0 saturated heterocycles. The molecular weight excluding hydrogens is 729 g/mol. The lowest BCUT2D eigenvalue weighted by Crippen LogP contribution is -2.47. The predicted molar refractivity (Wildman–Crippen MR) is 241 cm³/mol. The number of amides is 1. The third kappa shape index (κ3) is 5.21. The summed E-state index contributed by atoms with van der Waals surface area (Å²) in [6.07, 6.45) is -0.712. The minimum absolute atomic E-state index is 0.0900. The average molecular weight is 780 g/mol. The van der Waals surface area contributed by atoms with E-state index in [-0.39, 0.29) is 21.4 Å². The van der Waals surface area contributed by atoms with Gasteiger partial charge in [-0.3, -0.25) is 0 Å². The van der Waals surface area contributed by atoms with Crippen LogP contribution in [-0.2, 0) is 20.3 Å². The highest BCUT2D eigenvalue weighted by molar-refractivity contribution is 6.16. The maximum atomic E-state index is 14.5. The van der Waals surface area contributed by atoms with Crippen molar-refractivity contribution in [3.63, 3.8) is 0 Å². The smallest absolute Gasteiger partial charge is 0.443 e. The van der Waals surface area contributed by atoms with Crippen LogP contribution in [0.1, 0.15) is 91.5 Å². The summed E-state index contributed by atoms with van der Waals surface area (Å²) in [5.74, 6) is 0. The topological polar surface area (TPSA) is 57.5 Å². The van der Waals surface area contributed by atoms with Gasteiger partial charge >= 0.3 is 12.2 Å². The van der Waals surface area contributed by atoms with Crippen molar-refractivity contribution in [1.82, 2.24) is 9.05 Å². The number of carbonyl (C=O) groups is 2. The minimum Gasteiger partial charge on any atom is -0.443 e. The van der Waals surface area contributed by atoms with Gasteiger partial charge in [-0.05, 0) is 140 Å². The Morgan fingerprint density at radius 1 is 0.508 bits per heavy atom. The number of hydrogen-bond acceptors (Lipinski definition) is 4. The Hall–Kier alpha value is -5.98. The number of aromatic nitrogens is 1. The fourth-order valence-electron chi connectivity index (χ4n) is 10.2. The zero-order valence-corrected chi connectivity index (χ0v) is 35.9. The number of benzene rings is 6. The second-order valence-corrected chi connectivity index (χ2v) is 19.9. The first kappa shape index (κ1) is 37.3. The molecule has 1 amide bonds. The molecule has 3 aliphatic rings. The van der Waals surface area contributed by atoms with Crippen LogP contribution in [0.15, 0.2) is 109 Å². The zero-order chi connectivity index (χ0) is 41.8. The largest absolute Gasteiger partial charge is 0.526 e. The van der Waals surface area contributed by atoms with Gasteiger partial charge in [-0.1, -0.05) is 82.3 Å². The van der Waals surface area contributed by atoms with Crippen molar-refractivity contribution in [3.05, 3.63) is 131 Å². The van der Waals surface area contributed by atoms with E-state index in [1.807, 2.05) is 54.7 Å². The van der Waals surface area contributed by atoms with E-state index in [4.69, 9.17) is 9.47 Å². The molecule has 1 atom stereocenters. The third-order valence-electron chi connectivity index (χ3n) is 13.1. The quantitative estimate of drug-likeness (QED) is 0.156. The van der Waals surface area contributed by atoms with E-state index < -0.39 is 17.3 Å². The van der Waals surface area contributed by atoms with E-state index >= 15 is 0 Å². The normalized spacial score (nSPS) is 17.9. The van der Waals surface area contributed by atoms with E-state index in [1.54, 1.807) is 4.57 Å². The van der Waals surface area contributed by atoms with Gasteiger partial charge in [0, 0.05) is 33.7 Å². The van der Waals surface area contributed by atoms with Gasteiger partial charge in [-0.25, -0.2) is 9.36 Å². The first-order chi connectivity index (χ1) is 27.7. The Labute approximate surface area is 346 Å². The fourth-order valence-corrected chi connectivity index (χ4v) is 10.2. The highest BCUT2D eigenvalue weighted by atomic mass is 16.6. The van der Waals surface area contributed by atoms with Gasteiger partial charge in [-0.15, -0.1) is 0 Å². The molecule has 2 aliphatic carbocycles. The Morgan fingerprint density at radius 2 is 1.03 bits per heavy atom.